The molecule has 90 valence electrons. The smallest absolute Gasteiger partial charge is 0.0469 e. The minimum absolute atomic E-state index is 0.523. The van der Waals surface area contributed by atoms with E-state index in [2.05, 4.69) is 31.2 Å². The third-order valence-electron chi connectivity index (χ3n) is 2.70. The average Bonchev–Trinajstić information content (AvgIpc) is 2.28. The van der Waals surface area contributed by atoms with Gasteiger partial charge in [-0.05, 0) is 38.2 Å². The number of hydrogen-bond donors (Lipinski definition) is 0. The summed E-state index contributed by atoms with van der Waals surface area (Å²) in [6.07, 6.45) is 2.10. The van der Waals surface area contributed by atoms with E-state index in [0.29, 0.717) is 11.8 Å². The van der Waals surface area contributed by atoms with Crippen molar-refractivity contribution >= 4 is 11.6 Å². The summed E-state index contributed by atoms with van der Waals surface area (Å²) >= 11 is 5.98. The molecule has 0 aliphatic carbocycles. The number of hydrogen-bond acceptors (Lipinski definition) is 1. The van der Waals surface area contributed by atoms with Gasteiger partial charge in [0, 0.05) is 19.1 Å². The minimum atomic E-state index is 0.523. The van der Waals surface area contributed by atoms with Gasteiger partial charge < -0.3 is 4.74 Å². The van der Waals surface area contributed by atoms with E-state index in [1.54, 1.807) is 0 Å². The summed E-state index contributed by atoms with van der Waals surface area (Å²) in [5.41, 5.74) is 2.69. The zero-order valence-electron chi connectivity index (χ0n) is 10.2. The van der Waals surface area contributed by atoms with Crippen LogP contribution in [0.25, 0.3) is 0 Å². The summed E-state index contributed by atoms with van der Waals surface area (Å²) in [7, 11) is 0. The first-order valence-corrected chi connectivity index (χ1v) is 6.49. The standard InChI is InChI=1S/C14H21ClO/c1-3-16-8-7-14(11-15)10-13-6-4-5-12(2)9-13/h4-6,9,14H,3,7-8,10-11H2,1-2H3. The number of aryl methyl sites for hydroxylation is 1. The first-order valence-electron chi connectivity index (χ1n) is 5.95. The molecule has 0 amide bonds. The predicted molar refractivity (Wildman–Crippen MR) is 70.2 cm³/mol. The Morgan fingerprint density at radius 1 is 1.38 bits per heavy atom. The van der Waals surface area contributed by atoms with E-state index in [-0.39, 0.29) is 0 Å². The van der Waals surface area contributed by atoms with Crippen molar-refractivity contribution in [1.29, 1.82) is 0 Å². The summed E-state index contributed by atoms with van der Waals surface area (Å²) < 4.78 is 5.37. The number of halogens is 1. The molecule has 0 saturated heterocycles. The molecule has 1 rings (SSSR count). The summed E-state index contributed by atoms with van der Waals surface area (Å²) in [5.74, 6) is 1.23. The lowest BCUT2D eigenvalue weighted by Crippen LogP contribution is -2.10. The minimum Gasteiger partial charge on any atom is -0.382 e. The molecule has 1 aromatic carbocycles. The molecule has 0 aliphatic rings. The van der Waals surface area contributed by atoms with E-state index in [9.17, 15) is 0 Å². The Labute approximate surface area is 104 Å². The molecule has 0 aromatic heterocycles. The normalized spacial score (nSPS) is 12.7. The zero-order valence-corrected chi connectivity index (χ0v) is 11.0. The van der Waals surface area contributed by atoms with Crippen LogP contribution in [-0.4, -0.2) is 19.1 Å². The van der Waals surface area contributed by atoms with Crippen molar-refractivity contribution in [2.24, 2.45) is 5.92 Å². The predicted octanol–water partition coefficient (Wildman–Crippen LogP) is 3.82. The quantitative estimate of drug-likeness (QED) is 0.520. The Hall–Kier alpha value is -0.530. The van der Waals surface area contributed by atoms with Crippen LogP contribution >= 0.6 is 11.6 Å². The number of ether oxygens (including phenoxy) is 1. The summed E-state index contributed by atoms with van der Waals surface area (Å²) in [6.45, 7) is 5.76. The largest absolute Gasteiger partial charge is 0.382 e. The molecule has 1 nitrogen and oxygen atoms in total. The molecule has 0 aliphatic heterocycles. The molecule has 2 heteroatoms. The van der Waals surface area contributed by atoms with Gasteiger partial charge in [-0.25, -0.2) is 0 Å². The highest BCUT2D eigenvalue weighted by molar-refractivity contribution is 6.18. The Morgan fingerprint density at radius 3 is 2.81 bits per heavy atom. The van der Waals surface area contributed by atoms with Crippen LogP contribution in [-0.2, 0) is 11.2 Å². The Morgan fingerprint density at radius 2 is 2.19 bits per heavy atom. The lowest BCUT2D eigenvalue weighted by molar-refractivity contribution is 0.134. The molecular formula is C14H21ClO. The van der Waals surface area contributed by atoms with Gasteiger partial charge in [-0.2, -0.15) is 0 Å². The molecule has 0 radical (unpaired) electrons. The first kappa shape index (κ1) is 13.5. The summed E-state index contributed by atoms with van der Waals surface area (Å²) in [6, 6.07) is 8.64. The molecule has 0 bridgehead atoms. The van der Waals surface area contributed by atoms with Crippen molar-refractivity contribution in [2.45, 2.75) is 26.7 Å². The van der Waals surface area contributed by atoms with E-state index in [0.717, 1.165) is 26.1 Å². The molecular weight excluding hydrogens is 220 g/mol. The maximum absolute atomic E-state index is 5.98. The molecule has 0 spiro atoms. The van der Waals surface area contributed by atoms with Crippen molar-refractivity contribution < 1.29 is 4.74 Å². The van der Waals surface area contributed by atoms with E-state index >= 15 is 0 Å². The molecule has 0 heterocycles. The van der Waals surface area contributed by atoms with Gasteiger partial charge in [-0.1, -0.05) is 29.8 Å². The van der Waals surface area contributed by atoms with Gasteiger partial charge in [0.25, 0.3) is 0 Å². The lowest BCUT2D eigenvalue weighted by Gasteiger charge is -2.14. The van der Waals surface area contributed by atoms with E-state index in [4.69, 9.17) is 16.3 Å². The maximum atomic E-state index is 5.98. The first-order chi connectivity index (χ1) is 7.76. The molecule has 1 aromatic rings. The van der Waals surface area contributed by atoms with Gasteiger partial charge in [-0.15, -0.1) is 11.6 Å². The van der Waals surface area contributed by atoms with Crippen LogP contribution in [0.1, 0.15) is 24.5 Å². The van der Waals surface area contributed by atoms with Crippen molar-refractivity contribution in [3.05, 3.63) is 35.4 Å². The van der Waals surface area contributed by atoms with Crippen molar-refractivity contribution in [2.75, 3.05) is 19.1 Å². The van der Waals surface area contributed by atoms with E-state index < -0.39 is 0 Å². The SMILES string of the molecule is CCOCCC(CCl)Cc1cccc(C)c1. The monoisotopic (exact) mass is 240 g/mol. The van der Waals surface area contributed by atoms with Gasteiger partial charge in [0.2, 0.25) is 0 Å². The molecule has 0 saturated carbocycles. The van der Waals surface area contributed by atoms with Crippen LogP contribution in [0.2, 0.25) is 0 Å². The lowest BCUT2D eigenvalue weighted by atomic mass is 9.97. The van der Waals surface area contributed by atoms with Gasteiger partial charge in [-0.3, -0.25) is 0 Å². The topological polar surface area (TPSA) is 9.23 Å². The van der Waals surface area contributed by atoms with Crippen LogP contribution in [0.3, 0.4) is 0 Å². The van der Waals surface area contributed by atoms with Crippen LogP contribution in [0, 0.1) is 12.8 Å². The highest BCUT2D eigenvalue weighted by Gasteiger charge is 2.08. The summed E-state index contributed by atoms with van der Waals surface area (Å²) in [5, 5.41) is 0. The van der Waals surface area contributed by atoms with Gasteiger partial charge in [0.15, 0.2) is 0 Å². The van der Waals surface area contributed by atoms with Gasteiger partial charge in [0.05, 0.1) is 0 Å². The molecule has 16 heavy (non-hydrogen) atoms. The van der Waals surface area contributed by atoms with Gasteiger partial charge >= 0.3 is 0 Å². The average molecular weight is 241 g/mol. The third kappa shape index (κ3) is 5.00. The molecule has 1 atom stereocenters. The maximum Gasteiger partial charge on any atom is 0.0469 e. The van der Waals surface area contributed by atoms with Crippen molar-refractivity contribution in [1.82, 2.24) is 0 Å². The van der Waals surface area contributed by atoms with Crippen LogP contribution in [0.5, 0.6) is 0 Å². The Kier molecular flexibility index (Phi) is 6.51. The second kappa shape index (κ2) is 7.70. The van der Waals surface area contributed by atoms with Gasteiger partial charge in [0.1, 0.15) is 0 Å². The Bertz CT molecular complexity index is 299. The number of alkyl halides is 1. The molecule has 0 N–H and O–H groups in total. The fourth-order valence-electron chi connectivity index (χ4n) is 1.80. The molecule has 0 fully saturated rings. The third-order valence-corrected chi connectivity index (χ3v) is 3.14. The second-order valence-electron chi connectivity index (χ2n) is 4.20. The highest BCUT2D eigenvalue weighted by atomic mass is 35.5. The van der Waals surface area contributed by atoms with E-state index in [1.165, 1.54) is 11.1 Å². The van der Waals surface area contributed by atoms with E-state index in [1.807, 2.05) is 6.92 Å². The van der Waals surface area contributed by atoms with Crippen LogP contribution in [0.4, 0.5) is 0 Å². The van der Waals surface area contributed by atoms with Crippen molar-refractivity contribution in [3.63, 3.8) is 0 Å². The fraction of sp³-hybridized carbons (Fsp3) is 0.571. The zero-order chi connectivity index (χ0) is 11.8. The van der Waals surface area contributed by atoms with Crippen molar-refractivity contribution in [3.8, 4) is 0 Å². The molecule has 1 unspecified atom stereocenters. The van der Waals surface area contributed by atoms with Crippen LogP contribution < -0.4 is 0 Å². The summed E-state index contributed by atoms with van der Waals surface area (Å²) in [4.78, 5) is 0. The fourth-order valence-corrected chi connectivity index (χ4v) is 2.06. The number of rotatable bonds is 7. The Balaban J connectivity index is 2.43. The number of benzene rings is 1. The van der Waals surface area contributed by atoms with Crippen LogP contribution in [0.15, 0.2) is 24.3 Å². The second-order valence-corrected chi connectivity index (χ2v) is 4.51. The highest BCUT2D eigenvalue weighted by Crippen LogP contribution is 2.15.